The second-order valence-electron chi connectivity index (χ2n) is 15.5. The number of carbonyl (C=O) groups is 1. The van der Waals surface area contributed by atoms with Crippen molar-refractivity contribution in [1.82, 2.24) is 24.4 Å². The minimum absolute atomic E-state index is 0.0531. The zero-order valence-electron chi connectivity index (χ0n) is 29.6. The SMILES string of the molecule is CC(C)c1nccc(CCCO[Si](C)(C)C(C)(C)C)c1-n1c(=O)nc(N2CCN(C(=O)O)C(C(C)(C)C)C2C)c2cc(F)c(Cl)nc21. The third-order valence-corrected chi connectivity index (χ3v) is 14.5. The quantitative estimate of drug-likeness (QED) is 0.146. The van der Waals surface area contributed by atoms with Gasteiger partial charge in [0.05, 0.1) is 22.8 Å². The minimum atomic E-state index is -1.94. The minimum Gasteiger partial charge on any atom is -0.465 e. The first-order chi connectivity index (χ1) is 21.7. The van der Waals surface area contributed by atoms with E-state index in [9.17, 15) is 14.7 Å². The van der Waals surface area contributed by atoms with Gasteiger partial charge in [0, 0.05) is 31.9 Å². The van der Waals surface area contributed by atoms with Crippen LogP contribution in [0.2, 0.25) is 23.3 Å². The number of hydrogen-bond donors (Lipinski definition) is 1. The van der Waals surface area contributed by atoms with Gasteiger partial charge in [-0.15, -0.1) is 0 Å². The Bertz CT molecular complexity index is 1700. The fourth-order valence-electron chi connectivity index (χ4n) is 6.40. The highest BCUT2D eigenvalue weighted by Gasteiger charge is 2.44. The molecule has 0 saturated carbocycles. The smallest absolute Gasteiger partial charge is 0.407 e. The number of halogens is 2. The number of aryl methyl sites for hydroxylation is 1. The highest BCUT2D eigenvalue weighted by atomic mass is 35.5. The van der Waals surface area contributed by atoms with Crippen molar-refractivity contribution in [2.24, 2.45) is 5.41 Å². The molecular formula is C34H50ClFN6O4Si. The van der Waals surface area contributed by atoms with Crippen LogP contribution in [-0.2, 0) is 10.8 Å². The molecule has 1 amide bonds. The summed E-state index contributed by atoms with van der Waals surface area (Å²) >= 11 is 6.29. The van der Waals surface area contributed by atoms with E-state index in [1.165, 1.54) is 15.5 Å². The van der Waals surface area contributed by atoms with E-state index in [1.807, 2.05) is 52.5 Å². The topological polar surface area (TPSA) is 114 Å². The van der Waals surface area contributed by atoms with Crippen LogP contribution in [-0.4, -0.2) is 75.7 Å². The normalized spacial score (nSPS) is 18.0. The number of pyridine rings is 2. The maximum atomic E-state index is 15.2. The fourth-order valence-corrected chi connectivity index (χ4v) is 7.62. The molecule has 0 spiro atoms. The van der Waals surface area contributed by atoms with Gasteiger partial charge in [0.15, 0.2) is 24.9 Å². The molecule has 3 aromatic heterocycles. The first-order valence-corrected chi connectivity index (χ1v) is 19.6. The summed E-state index contributed by atoms with van der Waals surface area (Å²) in [6.45, 7) is 24.0. The summed E-state index contributed by atoms with van der Waals surface area (Å²) in [6, 6.07) is 2.35. The molecule has 2 unspecified atom stereocenters. The molecule has 1 saturated heterocycles. The van der Waals surface area contributed by atoms with E-state index in [0.29, 0.717) is 29.8 Å². The van der Waals surface area contributed by atoms with E-state index in [1.54, 1.807) is 6.20 Å². The molecule has 1 fully saturated rings. The van der Waals surface area contributed by atoms with Gasteiger partial charge in [-0.25, -0.2) is 23.5 Å². The molecule has 3 aromatic rings. The van der Waals surface area contributed by atoms with Crippen LogP contribution < -0.4 is 10.6 Å². The van der Waals surface area contributed by atoms with Crippen molar-refractivity contribution < 1.29 is 18.7 Å². The highest BCUT2D eigenvalue weighted by molar-refractivity contribution is 6.74. The number of anilines is 1. The lowest BCUT2D eigenvalue weighted by Gasteiger charge is -2.51. The number of rotatable bonds is 8. The Kier molecular flexibility index (Phi) is 10.5. The first-order valence-electron chi connectivity index (χ1n) is 16.3. The Morgan fingerprint density at radius 2 is 1.83 bits per heavy atom. The summed E-state index contributed by atoms with van der Waals surface area (Å²) in [4.78, 5) is 43.5. The Labute approximate surface area is 283 Å². The molecule has 0 bridgehead atoms. The van der Waals surface area contributed by atoms with Crippen LogP contribution in [0.1, 0.15) is 85.9 Å². The van der Waals surface area contributed by atoms with Crippen LogP contribution in [0.3, 0.4) is 0 Å². The molecule has 4 heterocycles. The zero-order valence-corrected chi connectivity index (χ0v) is 31.4. The molecule has 1 aliphatic heterocycles. The van der Waals surface area contributed by atoms with Gasteiger partial charge in [0.25, 0.3) is 0 Å². The summed E-state index contributed by atoms with van der Waals surface area (Å²) in [7, 11) is -1.94. The predicted molar refractivity (Wildman–Crippen MR) is 188 cm³/mol. The van der Waals surface area contributed by atoms with Crippen molar-refractivity contribution in [3.63, 3.8) is 0 Å². The van der Waals surface area contributed by atoms with Crippen molar-refractivity contribution in [3.8, 4) is 5.69 Å². The summed E-state index contributed by atoms with van der Waals surface area (Å²) in [5, 5.41) is 10.0. The zero-order chi connectivity index (χ0) is 35.2. The Balaban J connectivity index is 1.88. The van der Waals surface area contributed by atoms with E-state index < -0.39 is 37.4 Å². The fraction of sp³-hybridized carbons (Fsp3) is 0.618. The molecule has 258 valence electrons. The molecular weight excluding hydrogens is 639 g/mol. The number of piperazine rings is 1. The van der Waals surface area contributed by atoms with Crippen LogP contribution in [0.25, 0.3) is 16.7 Å². The third kappa shape index (κ3) is 7.34. The maximum Gasteiger partial charge on any atom is 0.407 e. The van der Waals surface area contributed by atoms with Crippen molar-refractivity contribution in [3.05, 3.63) is 51.0 Å². The average molecular weight is 689 g/mol. The van der Waals surface area contributed by atoms with E-state index >= 15 is 4.39 Å². The molecule has 47 heavy (non-hydrogen) atoms. The van der Waals surface area contributed by atoms with Crippen molar-refractivity contribution in [2.45, 2.75) is 111 Å². The van der Waals surface area contributed by atoms with E-state index in [4.69, 9.17) is 16.0 Å². The number of nitrogens with zero attached hydrogens (tertiary/aromatic N) is 6. The van der Waals surface area contributed by atoms with Gasteiger partial charge in [-0.1, -0.05) is 67.0 Å². The molecule has 0 aliphatic carbocycles. The van der Waals surface area contributed by atoms with Crippen LogP contribution >= 0.6 is 11.6 Å². The molecule has 1 N–H and O–H groups in total. The number of aromatic nitrogens is 4. The Morgan fingerprint density at radius 3 is 2.40 bits per heavy atom. The standard InChI is InChI=1S/C34H50ClFN6O4Si/c1-20(2)25-26(22(14-15-37-25)13-12-18-46-47(10,11)34(7,8)9)42-30-23(19-24(36)28(35)38-30)29(39-31(42)43)40-16-17-41(32(44)45)27(21(40)3)33(4,5)6/h14-15,19-21,27H,12-13,16-18H2,1-11H3,(H,44,45). The van der Waals surface area contributed by atoms with Crippen LogP contribution in [0, 0.1) is 11.2 Å². The largest absolute Gasteiger partial charge is 0.465 e. The predicted octanol–water partition coefficient (Wildman–Crippen LogP) is 7.65. The van der Waals surface area contributed by atoms with E-state index in [-0.39, 0.29) is 46.7 Å². The maximum absolute atomic E-state index is 15.2. The number of hydrogen-bond acceptors (Lipinski definition) is 7. The van der Waals surface area contributed by atoms with Crippen LogP contribution in [0.15, 0.2) is 23.1 Å². The second kappa shape index (κ2) is 13.4. The lowest BCUT2D eigenvalue weighted by molar-refractivity contribution is 0.0562. The van der Waals surface area contributed by atoms with Crippen molar-refractivity contribution >= 4 is 42.9 Å². The van der Waals surface area contributed by atoms with Crippen LogP contribution in [0.4, 0.5) is 15.0 Å². The highest BCUT2D eigenvalue weighted by Crippen LogP contribution is 2.38. The van der Waals surface area contributed by atoms with E-state index in [0.717, 1.165) is 12.0 Å². The number of carboxylic acid groups (broad SMARTS) is 1. The van der Waals surface area contributed by atoms with Gasteiger partial charge in [0.2, 0.25) is 0 Å². The van der Waals surface area contributed by atoms with Gasteiger partial charge < -0.3 is 19.3 Å². The summed E-state index contributed by atoms with van der Waals surface area (Å²) in [6.07, 6.45) is 2.07. The molecule has 4 rings (SSSR count). The molecule has 1 aliphatic rings. The Hall–Kier alpha value is -3.09. The average Bonchev–Trinajstić information content (AvgIpc) is 2.94. The van der Waals surface area contributed by atoms with Crippen molar-refractivity contribution in [1.29, 1.82) is 0 Å². The molecule has 0 radical (unpaired) electrons. The van der Waals surface area contributed by atoms with E-state index in [2.05, 4.69) is 48.8 Å². The van der Waals surface area contributed by atoms with Gasteiger partial charge in [-0.2, -0.15) is 4.98 Å². The van der Waals surface area contributed by atoms with Gasteiger partial charge in [-0.05, 0) is 66.9 Å². The monoisotopic (exact) mass is 688 g/mol. The second-order valence-corrected chi connectivity index (χ2v) is 20.6. The van der Waals surface area contributed by atoms with Gasteiger partial charge in [-0.3, -0.25) is 4.98 Å². The van der Waals surface area contributed by atoms with Gasteiger partial charge >= 0.3 is 11.8 Å². The van der Waals surface area contributed by atoms with Crippen LogP contribution in [0.5, 0.6) is 0 Å². The number of amides is 1. The Morgan fingerprint density at radius 1 is 1.17 bits per heavy atom. The molecule has 10 nitrogen and oxygen atoms in total. The van der Waals surface area contributed by atoms with Crippen molar-refractivity contribution in [2.75, 3.05) is 24.6 Å². The lowest BCUT2D eigenvalue weighted by atomic mass is 9.80. The summed E-state index contributed by atoms with van der Waals surface area (Å²) < 4.78 is 23.0. The molecule has 2 atom stereocenters. The third-order valence-electron chi connectivity index (χ3n) is 9.70. The summed E-state index contributed by atoms with van der Waals surface area (Å²) in [5.41, 5.74) is 1.26. The molecule has 0 aromatic carbocycles. The first kappa shape index (κ1) is 36.7. The summed E-state index contributed by atoms with van der Waals surface area (Å²) in [5.74, 6) is -0.548. The van der Waals surface area contributed by atoms with Gasteiger partial charge in [0.1, 0.15) is 5.82 Å². The lowest BCUT2D eigenvalue weighted by Crippen LogP contribution is -2.64. The molecule has 13 heteroatoms. The number of fused-ring (bicyclic) bond motifs is 1.